The van der Waals surface area contributed by atoms with E-state index < -0.39 is 0 Å². The Labute approximate surface area is 181 Å². The van der Waals surface area contributed by atoms with Gasteiger partial charge in [0.1, 0.15) is 18.2 Å². The summed E-state index contributed by atoms with van der Waals surface area (Å²) in [4.78, 5) is 0. The molecule has 0 bridgehead atoms. The summed E-state index contributed by atoms with van der Waals surface area (Å²) in [5.74, 6) is 0.381. The van der Waals surface area contributed by atoms with Crippen LogP contribution < -0.4 is 10.1 Å². The normalized spacial score (nSPS) is 11.0. The maximum atomic E-state index is 14.1. The molecule has 4 rings (SSSR count). The van der Waals surface area contributed by atoms with E-state index in [4.69, 9.17) is 16.3 Å². The van der Waals surface area contributed by atoms with E-state index in [1.54, 1.807) is 12.1 Å². The lowest BCUT2D eigenvalue weighted by molar-refractivity contribution is 0.296. The summed E-state index contributed by atoms with van der Waals surface area (Å²) < 4.78 is 20.2. The third-order valence-electron chi connectivity index (χ3n) is 5.17. The predicted molar refractivity (Wildman–Crippen MR) is 122 cm³/mol. The van der Waals surface area contributed by atoms with Crippen LogP contribution in [0.25, 0.3) is 10.8 Å². The molecule has 30 heavy (non-hydrogen) atoms. The van der Waals surface area contributed by atoms with Crippen molar-refractivity contribution in [3.8, 4) is 5.75 Å². The quantitative estimate of drug-likeness (QED) is 0.327. The summed E-state index contributed by atoms with van der Waals surface area (Å²) >= 11 is 6.16. The highest BCUT2D eigenvalue weighted by Crippen LogP contribution is 2.30. The van der Waals surface area contributed by atoms with E-state index in [-0.39, 0.29) is 12.4 Å². The van der Waals surface area contributed by atoms with Crippen molar-refractivity contribution < 1.29 is 9.13 Å². The monoisotopic (exact) mass is 419 g/mol. The third-order valence-corrected chi connectivity index (χ3v) is 5.52. The average Bonchev–Trinajstić information content (AvgIpc) is 2.77. The van der Waals surface area contributed by atoms with Crippen molar-refractivity contribution >= 4 is 22.4 Å². The lowest BCUT2D eigenvalue weighted by Crippen LogP contribution is -2.17. The van der Waals surface area contributed by atoms with Gasteiger partial charge in [-0.2, -0.15) is 0 Å². The van der Waals surface area contributed by atoms with E-state index in [9.17, 15) is 4.39 Å². The molecule has 1 N–H and O–H groups in total. The number of halogens is 2. The Morgan fingerprint density at radius 2 is 1.60 bits per heavy atom. The molecular weight excluding hydrogens is 397 g/mol. The summed E-state index contributed by atoms with van der Waals surface area (Å²) in [6, 6.07) is 27.3. The molecule has 4 heteroatoms. The lowest BCUT2D eigenvalue weighted by atomic mass is 10.0. The summed E-state index contributed by atoms with van der Waals surface area (Å²) in [5, 5.41) is 6.17. The number of hydrogen-bond acceptors (Lipinski definition) is 2. The summed E-state index contributed by atoms with van der Waals surface area (Å²) in [6.07, 6.45) is 0.951. The minimum atomic E-state index is -0.356. The van der Waals surface area contributed by atoms with Gasteiger partial charge in [0.05, 0.1) is 5.02 Å². The van der Waals surface area contributed by atoms with Gasteiger partial charge in [-0.05, 0) is 47.5 Å². The molecule has 0 aliphatic rings. The van der Waals surface area contributed by atoms with Crippen LogP contribution >= 0.6 is 11.6 Å². The summed E-state index contributed by atoms with van der Waals surface area (Å²) in [7, 11) is 0. The molecule has 0 saturated heterocycles. The van der Waals surface area contributed by atoms with Crippen LogP contribution in [-0.2, 0) is 19.6 Å². The first-order valence-electron chi connectivity index (χ1n) is 10.0. The van der Waals surface area contributed by atoms with Crippen LogP contribution in [-0.4, -0.2) is 6.54 Å². The standard InChI is InChI=1S/C26H23ClFNO/c27-24-11-6-12-25(28)23(24)18-30-26-14-13-20-9-4-5-10-21(20)22(26)17-29-16-15-19-7-2-1-3-8-19/h1-14,29H,15-18H2. The van der Waals surface area contributed by atoms with Crippen molar-refractivity contribution in [3.05, 3.63) is 112 Å². The van der Waals surface area contributed by atoms with E-state index in [0.717, 1.165) is 35.1 Å². The van der Waals surface area contributed by atoms with Crippen molar-refractivity contribution in [2.75, 3.05) is 6.54 Å². The van der Waals surface area contributed by atoms with Gasteiger partial charge in [0.25, 0.3) is 0 Å². The Bertz CT molecular complexity index is 1110. The first kappa shape index (κ1) is 20.4. The molecular formula is C26H23ClFNO. The van der Waals surface area contributed by atoms with Crippen molar-refractivity contribution in [3.63, 3.8) is 0 Å². The molecule has 0 fully saturated rings. The predicted octanol–water partition coefficient (Wildman–Crippen LogP) is 6.54. The van der Waals surface area contributed by atoms with E-state index in [2.05, 4.69) is 41.7 Å². The number of fused-ring (bicyclic) bond motifs is 1. The number of nitrogens with one attached hydrogen (secondary N) is 1. The Morgan fingerprint density at radius 3 is 2.43 bits per heavy atom. The van der Waals surface area contributed by atoms with Crippen molar-refractivity contribution in [2.24, 2.45) is 0 Å². The first-order chi connectivity index (χ1) is 14.7. The van der Waals surface area contributed by atoms with Gasteiger partial charge in [-0.3, -0.25) is 0 Å². The van der Waals surface area contributed by atoms with Gasteiger partial charge < -0.3 is 10.1 Å². The van der Waals surface area contributed by atoms with Gasteiger partial charge in [0.2, 0.25) is 0 Å². The summed E-state index contributed by atoms with van der Waals surface area (Å²) in [5.41, 5.74) is 2.73. The van der Waals surface area contributed by atoms with Crippen molar-refractivity contribution in [1.82, 2.24) is 5.32 Å². The SMILES string of the molecule is Fc1cccc(Cl)c1COc1ccc2ccccc2c1CNCCc1ccccc1. The molecule has 0 atom stereocenters. The fourth-order valence-electron chi connectivity index (χ4n) is 3.54. The second kappa shape index (κ2) is 9.75. The molecule has 2 nitrogen and oxygen atoms in total. The zero-order valence-electron chi connectivity index (χ0n) is 16.6. The molecule has 0 aliphatic heterocycles. The second-order valence-corrected chi connectivity index (χ2v) is 7.57. The van der Waals surface area contributed by atoms with Gasteiger partial charge in [-0.15, -0.1) is 0 Å². The van der Waals surface area contributed by atoms with Crippen LogP contribution in [0.5, 0.6) is 5.75 Å². The molecule has 0 saturated carbocycles. The van der Waals surface area contributed by atoms with E-state index in [0.29, 0.717) is 17.1 Å². The highest BCUT2D eigenvalue weighted by atomic mass is 35.5. The Hall–Kier alpha value is -2.88. The maximum Gasteiger partial charge on any atom is 0.131 e. The molecule has 0 unspecified atom stereocenters. The van der Waals surface area contributed by atoms with Crippen LogP contribution in [0.15, 0.2) is 84.9 Å². The smallest absolute Gasteiger partial charge is 0.131 e. The molecule has 152 valence electrons. The lowest BCUT2D eigenvalue weighted by Gasteiger charge is -2.16. The van der Waals surface area contributed by atoms with Crippen LogP contribution in [0.4, 0.5) is 4.39 Å². The maximum absolute atomic E-state index is 14.1. The van der Waals surface area contributed by atoms with Gasteiger partial charge in [-0.1, -0.05) is 78.3 Å². The largest absolute Gasteiger partial charge is 0.488 e. The summed E-state index contributed by atoms with van der Waals surface area (Å²) in [6.45, 7) is 1.60. The Morgan fingerprint density at radius 1 is 0.800 bits per heavy atom. The van der Waals surface area contributed by atoms with Crippen molar-refractivity contribution in [1.29, 1.82) is 0 Å². The molecule has 0 amide bonds. The van der Waals surface area contributed by atoms with Crippen LogP contribution in [0.3, 0.4) is 0 Å². The van der Waals surface area contributed by atoms with E-state index in [1.165, 1.54) is 11.6 Å². The second-order valence-electron chi connectivity index (χ2n) is 7.16. The van der Waals surface area contributed by atoms with Crippen LogP contribution in [0.2, 0.25) is 5.02 Å². The first-order valence-corrected chi connectivity index (χ1v) is 10.4. The topological polar surface area (TPSA) is 21.3 Å². The van der Waals surface area contributed by atoms with E-state index >= 15 is 0 Å². The highest BCUT2D eigenvalue weighted by molar-refractivity contribution is 6.31. The number of hydrogen-bond donors (Lipinski definition) is 1. The van der Waals surface area contributed by atoms with Gasteiger partial charge in [0.15, 0.2) is 0 Å². The van der Waals surface area contributed by atoms with Crippen LogP contribution in [0.1, 0.15) is 16.7 Å². The minimum absolute atomic E-state index is 0.0842. The van der Waals surface area contributed by atoms with Gasteiger partial charge in [0, 0.05) is 17.7 Å². The number of benzene rings is 4. The third kappa shape index (κ3) is 4.81. The minimum Gasteiger partial charge on any atom is -0.488 e. The fraction of sp³-hybridized carbons (Fsp3) is 0.154. The average molecular weight is 420 g/mol. The molecule has 0 spiro atoms. The molecule has 0 aromatic heterocycles. The molecule has 4 aromatic rings. The molecule has 0 heterocycles. The Kier molecular flexibility index (Phi) is 6.63. The molecule has 0 aliphatic carbocycles. The zero-order valence-corrected chi connectivity index (χ0v) is 17.3. The van der Waals surface area contributed by atoms with Crippen LogP contribution in [0, 0.1) is 5.82 Å². The molecule has 0 radical (unpaired) electrons. The van der Waals surface area contributed by atoms with Crippen molar-refractivity contribution in [2.45, 2.75) is 19.6 Å². The Balaban J connectivity index is 1.52. The van der Waals surface area contributed by atoms with E-state index in [1.807, 2.05) is 30.3 Å². The van der Waals surface area contributed by atoms with Gasteiger partial charge in [-0.25, -0.2) is 4.39 Å². The highest BCUT2D eigenvalue weighted by Gasteiger charge is 2.12. The molecule has 4 aromatic carbocycles. The number of rotatable bonds is 8. The fourth-order valence-corrected chi connectivity index (χ4v) is 3.76. The zero-order chi connectivity index (χ0) is 20.8. The number of ether oxygens (including phenoxy) is 1. The van der Waals surface area contributed by atoms with Gasteiger partial charge >= 0.3 is 0 Å².